The third-order valence-corrected chi connectivity index (χ3v) is 3.87. The molecule has 0 spiro atoms. The normalized spacial score (nSPS) is 9.90. The van der Waals surface area contributed by atoms with Gasteiger partial charge in [-0.3, -0.25) is 4.79 Å². The second-order valence-corrected chi connectivity index (χ2v) is 5.70. The van der Waals surface area contributed by atoms with E-state index < -0.39 is 0 Å². The monoisotopic (exact) mass is 293 g/mol. The Morgan fingerprint density at radius 1 is 1.35 bits per heavy atom. The Morgan fingerprint density at radius 2 is 2.15 bits per heavy atom. The number of rotatable bonds is 8. The topological polar surface area (TPSA) is 49.3 Å². The molecule has 0 atom stereocenters. The summed E-state index contributed by atoms with van der Waals surface area (Å²) in [6.07, 6.45) is 6.44. The predicted octanol–water partition coefficient (Wildman–Crippen LogP) is 3.07. The SMILES string of the molecule is CCCCCCCC(=O)NCc1cc(C#CCO)cs1. The van der Waals surface area contributed by atoms with Gasteiger partial charge in [-0.2, -0.15) is 0 Å². The lowest BCUT2D eigenvalue weighted by atomic mass is 10.1. The zero-order valence-electron chi connectivity index (χ0n) is 12.1. The van der Waals surface area contributed by atoms with Gasteiger partial charge in [0.2, 0.25) is 5.91 Å². The van der Waals surface area contributed by atoms with Gasteiger partial charge in [0.05, 0.1) is 6.54 Å². The summed E-state index contributed by atoms with van der Waals surface area (Å²) in [4.78, 5) is 12.7. The van der Waals surface area contributed by atoms with E-state index in [0.29, 0.717) is 13.0 Å². The van der Waals surface area contributed by atoms with Crippen LogP contribution in [-0.4, -0.2) is 17.6 Å². The molecule has 1 rings (SSSR count). The highest BCUT2D eigenvalue weighted by Gasteiger charge is 2.03. The van der Waals surface area contributed by atoms with E-state index in [2.05, 4.69) is 24.1 Å². The van der Waals surface area contributed by atoms with Gasteiger partial charge in [-0.15, -0.1) is 11.3 Å². The van der Waals surface area contributed by atoms with Gasteiger partial charge in [-0.25, -0.2) is 0 Å². The molecule has 1 aromatic rings. The molecule has 4 heteroatoms. The van der Waals surface area contributed by atoms with Gasteiger partial charge in [-0.05, 0) is 12.5 Å². The number of amides is 1. The number of aliphatic hydroxyl groups is 1. The van der Waals surface area contributed by atoms with Crippen molar-refractivity contribution in [1.82, 2.24) is 5.32 Å². The van der Waals surface area contributed by atoms with Crippen LogP contribution in [-0.2, 0) is 11.3 Å². The average molecular weight is 293 g/mol. The summed E-state index contributed by atoms with van der Waals surface area (Å²) in [5.41, 5.74) is 0.896. The number of nitrogens with one attached hydrogen (secondary N) is 1. The lowest BCUT2D eigenvalue weighted by Gasteiger charge is -2.03. The van der Waals surface area contributed by atoms with E-state index in [9.17, 15) is 4.79 Å². The Hall–Kier alpha value is -1.31. The van der Waals surface area contributed by atoms with Crippen LogP contribution < -0.4 is 5.32 Å². The second kappa shape index (κ2) is 10.5. The fourth-order valence-corrected chi connectivity index (χ4v) is 2.60. The van der Waals surface area contributed by atoms with Crippen molar-refractivity contribution in [3.8, 4) is 11.8 Å². The summed E-state index contributed by atoms with van der Waals surface area (Å²) in [6.45, 7) is 2.63. The number of carbonyl (C=O) groups is 1. The van der Waals surface area contributed by atoms with Crippen LogP contribution >= 0.6 is 11.3 Å². The van der Waals surface area contributed by atoms with Gasteiger partial charge in [0.1, 0.15) is 6.61 Å². The molecule has 0 saturated carbocycles. The molecule has 0 aliphatic rings. The van der Waals surface area contributed by atoms with Crippen molar-refractivity contribution < 1.29 is 9.90 Å². The zero-order valence-corrected chi connectivity index (χ0v) is 12.9. The van der Waals surface area contributed by atoms with Crippen molar-refractivity contribution in [3.05, 3.63) is 21.9 Å². The molecule has 0 radical (unpaired) electrons. The van der Waals surface area contributed by atoms with Crippen molar-refractivity contribution in [1.29, 1.82) is 0 Å². The molecule has 0 unspecified atom stereocenters. The first-order chi connectivity index (χ1) is 9.76. The molecule has 0 aromatic carbocycles. The second-order valence-electron chi connectivity index (χ2n) is 4.70. The van der Waals surface area contributed by atoms with Crippen LogP contribution in [0.1, 0.15) is 55.9 Å². The van der Waals surface area contributed by atoms with E-state index >= 15 is 0 Å². The molecule has 1 heterocycles. The average Bonchev–Trinajstić information content (AvgIpc) is 2.90. The molecule has 3 nitrogen and oxygen atoms in total. The zero-order chi connectivity index (χ0) is 14.6. The minimum Gasteiger partial charge on any atom is -0.384 e. The molecule has 0 bridgehead atoms. The maximum absolute atomic E-state index is 11.7. The summed E-state index contributed by atoms with van der Waals surface area (Å²) >= 11 is 1.58. The molecule has 1 aromatic heterocycles. The highest BCUT2D eigenvalue weighted by molar-refractivity contribution is 7.10. The molecule has 0 saturated heterocycles. The number of aliphatic hydroxyl groups excluding tert-OH is 1. The highest BCUT2D eigenvalue weighted by atomic mass is 32.1. The Morgan fingerprint density at radius 3 is 2.90 bits per heavy atom. The first-order valence-electron chi connectivity index (χ1n) is 7.20. The Kier molecular flexibility index (Phi) is 8.77. The molecule has 0 aliphatic carbocycles. The van der Waals surface area contributed by atoms with Crippen molar-refractivity contribution in [2.75, 3.05) is 6.61 Å². The minimum atomic E-state index is -0.125. The van der Waals surface area contributed by atoms with Crippen LogP contribution in [0, 0.1) is 11.8 Å². The summed E-state index contributed by atoms with van der Waals surface area (Å²) in [5.74, 6) is 5.59. The van der Waals surface area contributed by atoms with Crippen molar-refractivity contribution >= 4 is 17.2 Å². The van der Waals surface area contributed by atoms with Crippen LogP contribution in [0.4, 0.5) is 0 Å². The molecule has 2 N–H and O–H groups in total. The predicted molar refractivity (Wildman–Crippen MR) is 83.5 cm³/mol. The molecular weight excluding hydrogens is 270 g/mol. The summed E-state index contributed by atoms with van der Waals surface area (Å²) in [7, 11) is 0. The molecule has 110 valence electrons. The molecule has 20 heavy (non-hydrogen) atoms. The molecule has 1 amide bonds. The molecule has 0 fully saturated rings. The van der Waals surface area contributed by atoms with Crippen LogP contribution in [0.15, 0.2) is 11.4 Å². The Bertz CT molecular complexity index is 457. The standard InChI is InChI=1S/C16H23NO2S/c1-2-3-4-5-6-9-16(19)17-12-15-11-14(13-20-15)8-7-10-18/h11,13,18H,2-6,9-10,12H2,1H3,(H,17,19). The number of thiophene rings is 1. The van der Waals surface area contributed by atoms with Gasteiger partial charge >= 0.3 is 0 Å². The van der Waals surface area contributed by atoms with Crippen molar-refractivity contribution in [2.24, 2.45) is 0 Å². The largest absolute Gasteiger partial charge is 0.384 e. The fraction of sp³-hybridized carbons (Fsp3) is 0.562. The third kappa shape index (κ3) is 7.32. The van der Waals surface area contributed by atoms with Crippen molar-refractivity contribution in [3.63, 3.8) is 0 Å². The van der Waals surface area contributed by atoms with E-state index in [4.69, 9.17) is 5.11 Å². The Labute approximate surface area is 125 Å². The van der Waals surface area contributed by atoms with Crippen LogP contribution in [0.3, 0.4) is 0 Å². The summed E-state index contributed by atoms with van der Waals surface area (Å²) < 4.78 is 0. The fourth-order valence-electron chi connectivity index (χ4n) is 1.84. The van der Waals surface area contributed by atoms with Crippen LogP contribution in [0.5, 0.6) is 0 Å². The quantitative estimate of drug-likeness (QED) is 0.571. The first kappa shape index (κ1) is 16.7. The van der Waals surface area contributed by atoms with E-state index in [0.717, 1.165) is 23.3 Å². The maximum Gasteiger partial charge on any atom is 0.220 e. The van der Waals surface area contributed by atoms with Gasteiger partial charge in [0.15, 0.2) is 0 Å². The Balaban J connectivity index is 2.18. The first-order valence-corrected chi connectivity index (χ1v) is 8.08. The van der Waals surface area contributed by atoms with Gasteiger partial charge < -0.3 is 10.4 Å². The van der Waals surface area contributed by atoms with E-state index in [1.54, 1.807) is 11.3 Å². The number of carbonyl (C=O) groups excluding carboxylic acids is 1. The minimum absolute atomic E-state index is 0.123. The smallest absolute Gasteiger partial charge is 0.220 e. The van der Waals surface area contributed by atoms with E-state index in [-0.39, 0.29) is 12.5 Å². The maximum atomic E-state index is 11.7. The molecule has 0 aliphatic heterocycles. The van der Waals surface area contributed by atoms with Gasteiger partial charge in [0.25, 0.3) is 0 Å². The van der Waals surface area contributed by atoms with Gasteiger partial charge in [-0.1, -0.05) is 44.4 Å². The number of unbranched alkanes of at least 4 members (excludes halogenated alkanes) is 4. The number of hydrogen-bond acceptors (Lipinski definition) is 3. The summed E-state index contributed by atoms with van der Waals surface area (Å²) in [5, 5.41) is 13.5. The van der Waals surface area contributed by atoms with Gasteiger partial charge in [0, 0.05) is 22.2 Å². The summed E-state index contributed by atoms with van der Waals surface area (Å²) in [6, 6.07) is 1.95. The van der Waals surface area contributed by atoms with Crippen LogP contribution in [0.25, 0.3) is 0 Å². The van der Waals surface area contributed by atoms with Crippen molar-refractivity contribution in [2.45, 2.75) is 52.0 Å². The van der Waals surface area contributed by atoms with E-state index in [1.165, 1.54) is 19.3 Å². The number of hydrogen-bond donors (Lipinski definition) is 2. The third-order valence-electron chi connectivity index (χ3n) is 2.93. The highest BCUT2D eigenvalue weighted by Crippen LogP contribution is 2.13. The molecular formula is C16H23NO2S. The lowest BCUT2D eigenvalue weighted by molar-refractivity contribution is -0.121. The van der Waals surface area contributed by atoms with E-state index in [1.807, 2.05) is 11.4 Å². The van der Waals surface area contributed by atoms with Crippen LogP contribution in [0.2, 0.25) is 0 Å². The lowest BCUT2D eigenvalue weighted by Crippen LogP contribution is -2.21.